The Bertz CT molecular complexity index is 1590. The Kier molecular flexibility index (Phi) is 7.66. The molecule has 3 heterocycles. The second-order valence-corrected chi connectivity index (χ2v) is 10.4. The lowest BCUT2D eigenvalue weighted by Crippen LogP contribution is -2.49. The van der Waals surface area contributed by atoms with Crippen LogP contribution in [0.3, 0.4) is 0 Å². The summed E-state index contributed by atoms with van der Waals surface area (Å²) in [5.74, 6) is 1.16. The maximum absolute atomic E-state index is 13.1. The summed E-state index contributed by atoms with van der Waals surface area (Å²) in [6, 6.07) is 14.8. The number of hydrogen-bond donors (Lipinski definition) is 1. The Morgan fingerprint density at radius 1 is 1.00 bits per heavy atom. The number of ether oxygens (including phenoxy) is 2. The first kappa shape index (κ1) is 26.3. The topological polar surface area (TPSA) is 97.1 Å². The minimum absolute atomic E-state index is 0.0282. The van der Waals surface area contributed by atoms with Crippen LogP contribution in [-0.2, 0) is 17.6 Å². The van der Waals surface area contributed by atoms with Gasteiger partial charge in [-0.05, 0) is 49.4 Å². The first-order chi connectivity index (χ1) is 19.6. The number of hydrogen-bond acceptors (Lipinski definition) is 8. The van der Waals surface area contributed by atoms with Crippen LogP contribution in [-0.4, -0.2) is 73.7 Å². The molecular weight excluding hydrogens is 508 g/mol. The SMILES string of the molecule is COc1cc(=O)oc2cc(OCCN3CCN(CC(=O)Nc4c5c(nc6ccccc46)CCCC5)CC3)ccc12. The highest BCUT2D eigenvalue weighted by Crippen LogP contribution is 2.33. The average Bonchev–Trinajstić information content (AvgIpc) is 2.97. The number of amides is 1. The van der Waals surface area contributed by atoms with Crippen LogP contribution in [0.4, 0.5) is 5.69 Å². The minimum Gasteiger partial charge on any atom is -0.496 e. The van der Waals surface area contributed by atoms with E-state index in [2.05, 4.69) is 21.2 Å². The maximum Gasteiger partial charge on any atom is 0.339 e. The van der Waals surface area contributed by atoms with Crippen molar-refractivity contribution < 1.29 is 18.7 Å². The molecule has 2 aromatic carbocycles. The second kappa shape index (κ2) is 11.7. The smallest absolute Gasteiger partial charge is 0.339 e. The zero-order chi connectivity index (χ0) is 27.5. The summed E-state index contributed by atoms with van der Waals surface area (Å²) in [5, 5.41) is 5.01. The molecule has 1 amide bonds. The third kappa shape index (κ3) is 5.66. The van der Waals surface area contributed by atoms with Gasteiger partial charge in [0.25, 0.3) is 0 Å². The van der Waals surface area contributed by atoms with E-state index in [4.69, 9.17) is 18.9 Å². The van der Waals surface area contributed by atoms with Crippen LogP contribution >= 0.6 is 0 Å². The van der Waals surface area contributed by atoms with Crippen molar-refractivity contribution in [1.29, 1.82) is 0 Å². The number of aryl methyl sites for hydroxylation is 1. The van der Waals surface area contributed by atoms with Gasteiger partial charge in [-0.2, -0.15) is 0 Å². The molecule has 0 atom stereocenters. The highest BCUT2D eigenvalue weighted by molar-refractivity contribution is 6.03. The van der Waals surface area contributed by atoms with Gasteiger partial charge in [-0.1, -0.05) is 18.2 Å². The number of aromatic nitrogens is 1. The Balaban J connectivity index is 1.00. The summed E-state index contributed by atoms with van der Waals surface area (Å²) in [7, 11) is 1.53. The Morgan fingerprint density at radius 3 is 2.65 bits per heavy atom. The number of piperazine rings is 1. The van der Waals surface area contributed by atoms with Crippen LogP contribution in [0.15, 0.2) is 57.7 Å². The average molecular weight is 543 g/mol. The predicted molar refractivity (Wildman–Crippen MR) is 154 cm³/mol. The zero-order valence-corrected chi connectivity index (χ0v) is 22.8. The molecule has 4 aromatic rings. The number of benzene rings is 2. The lowest BCUT2D eigenvalue weighted by molar-refractivity contribution is -0.117. The molecule has 0 saturated carbocycles. The van der Waals surface area contributed by atoms with Crippen molar-refractivity contribution in [2.75, 3.05) is 58.3 Å². The van der Waals surface area contributed by atoms with E-state index in [0.717, 1.165) is 86.1 Å². The molecule has 0 spiro atoms. The molecule has 1 aliphatic carbocycles. The van der Waals surface area contributed by atoms with Crippen LogP contribution in [0.25, 0.3) is 21.9 Å². The van der Waals surface area contributed by atoms with Gasteiger partial charge in [-0.3, -0.25) is 19.6 Å². The van der Waals surface area contributed by atoms with Crippen molar-refractivity contribution in [3.63, 3.8) is 0 Å². The summed E-state index contributed by atoms with van der Waals surface area (Å²) >= 11 is 0. The van der Waals surface area contributed by atoms with Gasteiger partial charge in [0.05, 0.1) is 36.3 Å². The molecule has 1 saturated heterocycles. The largest absolute Gasteiger partial charge is 0.496 e. The lowest BCUT2D eigenvalue weighted by Gasteiger charge is -2.34. The molecule has 208 valence electrons. The van der Waals surface area contributed by atoms with Gasteiger partial charge in [0, 0.05) is 49.9 Å². The fraction of sp³-hybridized carbons (Fsp3) is 0.387. The molecule has 0 unspecified atom stereocenters. The standard InChI is InChI=1S/C31H34N4O5/c1-38-27-19-30(37)40-28-18-21(10-11-24(27)28)39-17-16-34-12-14-35(15-13-34)20-29(36)33-31-22-6-2-4-8-25(22)32-26-9-5-3-7-23(26)31/h2,4,6,8,10-11,18-19H,3,5,7,9,12-17,20H2,1H3,(H,32,33,36). The lowest BCUT2D eigenvalue weighted by atomic mass is 9.92. The summed E-state index contributed by atoms with van der Waals surface area (Å²) < 4.78 is 16.5. The third-order valence-electron chi connectivity index (χ3n) is 7.84. The Labute approximate surface area is 232 Å². The number of para-hydroxylation sites is 1. The molecule has 0 radical (unpaired) electrons. The molecule has 40 heavy (non-hydrogen) atoms. The van der Waals surface area contributed by atoms with E-state index in [1.807, 2.05) is 30.3 Å². The number of carbonyl (C=O) groups excluding carboxylic acids is 1. The molecule has 6 rings (SSSR count). The molecular formula is C31H34N4O5. The fourth-order valence-electron chi connectivity index (χ4n) is 5.73. The quantitative estimate of drug-likeness (QED) is 0.335. The van der Waals surface area contributed by atoms with E-state index in [1.54, 1.807) is 6.07 Å². The molecule has 1 aliphatic heterocycles. The van der Waals surface area contributed by atoms with Crippen molar-refractivity contribution >= 4 is 33.5 Å². The Morgan fingerprint density at radius 2 is 1.80 bits per heavy atom. The minimum atomic E-state index is -0.457. The number of pyridine rings is 1. The second-order valence-electron chi connectivity index (χ2n) is 10.4. The normalized spacial score (nSPS) is 16.1. The van der Waals surface area contributed by atoms with E-state index in [-0.39, 0.29) is 5.91 Å². The third-order valence-corrected chi connectivity index (χ3v) is 7.84. The highest BCUT2D eigenvalue weighted by Gasteiger charge is 2.22. The van der Waals surface area contributed by atoms with Crippen LogP contribution < -0.4 is 20.4 Å². The number of nitrogens with zero attached hydrogens (tertiary/aromatic N) is 3. The van der Waals surface area contributed by atoms with E-state index >= 15 is 0 Å². The molecule has 2 aromatic heterocycles. The van der Waals surface area contributed by atoms with Crippen LogP contribution in [0.5, 0.6) is 11.5 Å². The molecule has 9 heteroatoms. The van der Waals surface area contributed by atoms with Gasteiger partial charge in [0.1, 0.15) is 23.7 Å². The Hall–Kier alpha value is -3.95. The number of anilines is 1. The fourth-order valence-corrected chi connectivity index (χ4v) is 5.73. The van der Waals surface area contributed by atoms with Gasteiger partial charge in [0.15, 0.2) is 0 Å². The van der Waals surface area contributed by atoms with E-state index in [0.29, 0.717) is 30.2 Å². The van der Waals surface area contributed by atoms with Crippen molar-refractivity contribution in [3.8, 4) is 11.5 Å². The number of nitrogens with one attached hydrogen (secondary N) is 1. The zero-order valence-electron chi connectivity index (χ0n) is 22.8. The van der Waals surface area contributed by atoms with Gasteiger partial charge in [0.2, 0.25) is 5.91 Å². The first-order valence-corrected chi connectivity index (χ1v) is 14.0. The van der Waals surface area contributed by atoms with Gasteiger partial charge < -0.3 is 19.2 Å². The number of fused-ring (bicyclic) bond motifs is 3. The van der Waals surface area contributed by atoms with Gasteiger partial charge in [-0.15, -0.1) is 0 Å². The van der Waals surface area contributed by atoms with E-state index < -0.39 is 5.63 Å². The van der Waals surface area contributed by atoms with Crippen molar-refractivity contribution in [1.82, 2.24) is 14.8 Å². The summed E-state index contributed by atoms with van der Waals surface area (Å²) in [6.07, 6.45) is 4.22. The van der Waals surface area contributed by atoms with E-state index in [9.17, 15) is 9.59 Å². The highest BCUT2D eigenvalue weighted by atomic mass is 16.5. The summed E-state index contributed by atoms with van der Waals surface area (Å²) in [5.41, 5.74) is 4.21. The number of carbonyl (C=O) groups is 1. The first-order valence-electron chi connectivity index (χ1n) is 14.0. The van der Waals surface area contributed by atoms with Gasteiger partial charge >= 0.3 is 5.63 Å². The predicted octanol–water partition coefficient (Wildman–Crippen LogP) is 3.86. The number of rotatable bonds is 8. The number of methoxy groups -OCH3 is 1. The van der Waals surface area contributed by atoms with Gasteiger partial charge in [-0.25, -0.2) is 4.79 Å². The monoisotopic (exact) mass is 542 g/mol. The van der Waals surface area contributed by atoms with Crippen LogP contribution in [0, 0.1) is 0 Å². The van der Waals surface area contributed by atoms with Crippen LogP contribution in [0.1, 0.15) is 24.1 Å². The molecule has 9 nitrogen and oxygen atoms in total. The van der Waals surface area contributed by atoms with Crippen molar-refractivity contribution in [2.24, 2.45) is 0 Å². The maximum atomic E-state index is 13.1. The van der Waals surface area contributed by atoms with Crippen LogP contribution in [0.2, 0.25) is 0 Å². The van der Waals surface area contributed by atoms with E-state index in [1.165, 1.54) is 18.7 Å². The van der Waals surface area contributed by atoms with Crippen molar-refractivity contribution in [3.05, 3.63) is 70.2 Å². The summed E-state index contributed by atoms with van der Waals surface area (Å²) in [6.45, 7) is 5.05. The molecule has 0 bridgehead atoms. The summed E-state index contributed by atoms with van der Waals surface area (Å²) in [4.78, 5) is 34.3. The van der Waals surface area contributed by atoms with Crippen molar-refractivity contribution in [2.45, 2.75) is 25.7 Å². The molecule has 1 N–H and O–H groups in total. The molecule has 2 aliphatic rings. The molecule has 1 fully saturated rings.